The van der Waals surface area contributed by atoms with E-state index in [1.54, 1.807) is 20.8 Å². The zero-order valence-electron chi connectivity index (χ0n) is 14.0. The molecule has 2 rings (SSSR count). The van der Waals surface area contributed by atoms with Gasteiger partial charge in [-0.25, -0.2) is 22.9 Å². The number of carbonyl (C=O) groups is 2. The first-order valence-corrected chi connectivity index (χ1v) is 7.58. The summed E-state index contributed by atoms with van der Waals surface area (Å²) in [5.41, 5.74) is -3.18. The van der Waals surface area contributed by atoms with Crippen molar-refractivity contribution in [3.63, 3.8) is 0 Å². The van der Waals surface area contributed by atoms with Crippen molar-refractivity contribution in [3.8, 4) is 0 Å². The van der Waals surface area contributed by atoms with E-state index in [-0.39, 0.29) is 5.56 Å². The van der Waals surface area contributed by atoms with Gasteiger partial charge in [0.25, 0.3) is 5.91 Å². The maximum absolute atomic E-state index is 14.8. The Morgan fingerprint density at radius 2 is 1.88 bits per heavy atom. The number of ether oxygens (including phenoxy) is 1. The lowest BCUT2D eigenvalue weighted by Crippen LogP contribution is -2.63. The fourth-order valence-corrected chi connectivity index (χ4v) is 2.77. The molecule has 1 heterocycles. The Hall–Kier alpha value is -2.05. The molecule has 1 aromatic carbocycles. The molecule has 1 aliphatic heterocycles. The SMILES string of the molecule is CC(C)(C)OC(=O)N1C(=O)C(F)C[C@H](F)[C@@]1(C)c1ccccc1F. The van der Waals surface area contributed by atoms with Crippen LogP contribution < -0.4 is 0 Å². The fourth-order valence-electron chi connectivity index (χ4n) is 2.77. The van der Waals surface area contributed by atoms with Gasteiger partial charge in [0.2, 0.25) is 0 Å². The van der Waals surface area contributed by atoms with E-state index < -0.39 is 47.7 Å². The van der Waals surface area contributed by atoms with Gasteiger partial charge in [0, 0.05) is 12.0 Å². The Morgan fingerprint density at radius 3 is 2.42 bits per heavy atom. The summed E-state index contributed by atoms with van der Waals surface area (Å²) < 4.78 is 48.0. The smallest absolute Gasteiger partial charge is 0.418 e. The van der Waals surface area contributed by atoms with Gasteiger partial charge in [0.15, 0.2) is 6.17 Å². The van der Waals surface area contributed by atoms with Gasteiger partial charge in [-0.2, -0.15) is 0 Å². The summed E-state index contributed by atoms with van der Waals surface area (Å²) >= 11 is 0. The minimum absolute atomic E-state index is 0.205. The maximum atomic E-state index is 14.8. The maximum Gasteiger partial charge on any atom is 0.418 e. The average molecular weight is 343 g/mol. The summed E-state index contributed by atoms with van der Waals surface area (Å²) in [5, 5.41) is 0. The molecular weight excluding hydrogens is 323 g/mol. The van der Waals surface area contributed by atoms with Crippen LogP contribution in [0.25, 0.3) is 0 Å². The number of nitrogens with zero attached hydrogens (tertiary/aromatic N) is 1. The second-order valence-corrected chi connectivity index (χ2v) is 6.95. The highest BCUT2D eigenvalue weighted by atomic mass is 19.1. The van der Waals surface area contributed by atoms with Crippen molar-refractivity contribution in [3.05, 3.63) is 35.6 Å². The van der Waals surface area contributed by atoms with Crippen LogP contribution in [0.1, 0.15) is 39.7 Å². The predicted octanol–water partition coefficient (Wildman–Crippen LogP) is 3.88. The molecule has 0 aliphatic carbocycles. The van der Waals surface area contributed by atoms with Crippen LogP contribution in [-0.2, 0) is 15.1 Å². The lowest BCUT2D eigenvalue weighted by molar-refractivity contribution is -0.153. The van der Waals surface area contributed by atoms with E-state index in [1.807, 2.05) is 0 Å². The molecule has 1 saturated heterocycles. The van der Waals surface area contributed by atoms with Crippen LogP contribution in [0.2, 0.25) is 0 Å². The van der Waals surface area contributed by atoms with Crippen LogP contribution in [0.5, 0.6) is 0 Å². The van der Waals surface area contributed by atoms with Crippen molar-refractivity contribution < 1.29 is 27.5 Å². The molecule has 0 aromatic heterocycles. The number of imide groups is 1. The molecule has 1 unspecified atom stereocenters. The Balaban J connectivity index is 2.57. The van der Waals surface area contributed by atoms with Gasteiger partial charge < -0.3 is 4.74 Å². The number of amides is 2. The van der Waals surface area contributed by atoms with Crippen LogP contribution in [0.3, 0.4) is 0 Å². The molecule has 1 fully saturated rings. The number of benzene rings is 1. The van der Waals surface area contributed by atoms with E-state index in [0.29, 0.717) is 4.90 Å². The second kappa shape index (κ2) is 6.11. The van der Waals surface area contributed by atoms with E-state index in [0.717, 1.165) is 6.07 Å². The third-order valence-electron chi connectivity index (χ3n) is 3.97. The minimum Gasteiger partial charge on any atom is -0.443 e. The third-order valence-corrected chi connectivity index (χ3v) is 3.97. The molecule has 3 atom stereocenters. The zero-order valence-corrected chi connectivity index (χ0v) is 14.0. The summed E-state index contributed by atoms with van der Waals surface area (Å²) in [5.74, 6) is -2.02. The lowest BCUT2D eigenvalue weighted by Gasteiger charge is -2.46. The van der Waals surface area contributed by atoms with Gasteiger partial charge in [-0.15, -0.1) is 0 Å². The summed E-state index contributed by atoms with van der Waals surface area (Å²) in [4.78, 5) is 25.1. The topological polar surface area (TPSA) is 46.6 Å². The molecule has 4 nitrogen and oxygen atoms in total. The number of piperidine rings is 1. The normalized spacial score (nSPS) is 28.0. The van der Waals surface area contributed by atoms with Crippen molar-refractivity contribution >= 4 is 12.0 Å². The molecule has 0 radical (unpaired) electrons. The molecule has 132 valence electrons. The van der Waals surface area contributed by atoms with Gasteiger partial charge >= 0.3 is 6.09 Å². The summed E-state index contributed by atoms with van der Waals surface area (Å²) in [6, 6.07) is 5.21. The number of halogens is 3. The standard InChI is InChI=1S/C17H20F3NO3/c1-16(2,3)24-15(23)21-14(22)12(19)9-13(20)17(21,4)10-7-5-6-8-11(10)18/h5-8,12-13H,9H2,1-4H3/t12?,13-,17+/m0/s1. The molecule has 1 aliphatic rings. The molecule has 24 heavy (non-hydrogen) atoms. The Labute approximate surface area is 138 Å². The van der Waals surface area contributed by atoms with Gasteiger partial charge in [0.1, 0.15) is 23.1 Å². The number of hydrogen-bond donors (Lipinski definition) is 0. The molecule has 1 aromatic rings. The summed E-state index contributed by atoms with van der Waals surface area (Å²) in [6.45, 7) is 5.86. The van der Waals surface area contributed by atoms with Crippen LogP contribution in [0, 0.1) is 5.82 Å². The third kappa shape index (κ3) is 3.12. The van der Waals surface area contributed by atoms with E-state index in [9.17, 15) is 22.8 Å². The fraction of sp³-hybridized carbons (Fsp3) is 0.529. The predicted molar refractivity (Wildman–Crippen MR) is 81.2 cm³/mol. The molecule has 7 heteroatoms. The summed E-state index contributed by atoms with van der Waals surface area (Å²) in [6.07, 6.45) is -6.12. The van der Waals surface area contributed by atoms with Gasteiger partial charge in [-0.05, 0) is 33.8 Å². The molecule has 0 saturated carbocycles. The Bertz CT molecular complexity index is 659. The zero-order chi connectivity index (χ0) is 18.3. The van der Waals surface area contributed by atoms with Crippen LogP contribution in [0.4, 0.5) is 18.0 Å². The van der Waals surface area contributed by atoms with Crippen molar-refractivity contribution in [1.29, 1.82) is 0 Å². The highest BCUT2D eigenvalue weighted by Crippen LogP contribution is 2.42. The first kappa shape index (κ1) is 18.3. The average Bonchev–Trinajstić information content (AvgIpc) is 2.44. The highest BCUT2D eigenvalue weighted by molar-refractivity contribution is 5.96. The molecule has 2 amide bonds. The van der Waals surface area contributed by atoms with E-state index >= 15 is 0 Å². The van der Waals surface area contributed by atoms with Crippen molar-refractivity contribution in [2.75, 3.05) is 0 Å². The highest BCUT2D eigenvalue weighted by Gasteiger charge is 2.56. The molecule has 0 bridgehead atoms. The lowest BCUT2D eigenvalue weighted by atomic mass is 9.79. The van der Waals surface area contributed by atoms with Gasteiger partial charge in [0.05, 0.1) is 0 Å². The van der Waals surface area contributed by atoms with E-state index in [1.165, 1.54) is 25.1 Å². The van der Waals surface area contributed by atoms with Gasteiger partial charge in [-0.1, -0.05) is 18.2 Å². The number of carbonyl (C=O) groups excluding carboxylic acids is 2. The van der Waals surface area contributed by atoms with Crippen molar-refractivity contribution in [1.82, 2.24) is 4.90 Å². The van der Waals surface area contributed by atoms with Gasteiger partial charge in [-0.3, -0.25) is 4.79 Å². The Kier molecular flexibility index (Phi) is 4.65. The van der Waals surface area contributed by atoms with Crippen molar-refractivity contribution in [2.45, 2.75) is 57.6 Å². The molecule has 0 N–H and O–H groups in total. The van der Waals surface area contributed by atoms with E-state index in [4.69, 9.17) is 4.74 Å². The number of alkyl halides is 2. The largest absolute Gasteiger partial charge is 0.443 e. The van der Waals surface area contributed by atoms with Crippen LogP contribution in [-0.4, -0.2) is 34.8 Å². The minimum atomic E-state index is -2.19. The van der Waals surface area contributed by atoms with E-state index in [2.05, 4.69) is 0 Å². The molecular formula is C17H20F3NO3. The monoisotopic (exact) mass is 343 g/mol. The van der Waals surface area contributed by atoms with Crippen LogP contribution in [0.15, 0.2) is 24.3 Å². The quantitative estimate of drug-likeness (QED) is 0.777. The number of hydrogen-bond acceptors (Lipinski definition) is 3. The molecule has 0 spiro atoms. The Morgan fingerprint density at radius 1 is 1.29 bits per heavy atom. The number of likely N-dealkylation sites (tertiary alicyclic amines) is 1. The van der Waals surface area contributed by atoms with Crippen molar-refractivity contribution in [2.24, 2.45) is 0 Å². The van der Waals surface area contributed by atoms with Crippen LogP contribution >= 0.6 is 0 Å². The second-order valence-electron chi connectivity index (χ2n) is 6.95. The number of rotatable bonds is 1. The summed E-state index contributed by atoms with van der Waals surface area (Å²) in [7, 11) is 0. The first-order chi connectivity index (χ1) is 11.0. The first-order valence-electron chi connectivity index (χ1n) is 7.58.